The first kappa shape index (κ1) is 15.5. The minimum Gasteiger partial charge on any atom is -0.481 e. The molecule has 0 aliphatic rings. The lowest BCUT2D eigenvalue weighted by Gasteiger charge is -2.20. The Bertz CT molecular complexity index is 393. The molecular formula is C13H20N2O3S. The second-order valence-electron chi connectivity index (χ2n) is 4.18. The van der Waals surface area contributed by atoms with E-state index in [0.717, 1.165) is 4.88 Å². The van der Waals surface area contributed by atoms with Gasteiger partial charge in [0.1, 0.15) is 0 Å². The van der Waals surface area contributed by atoms with E-state index in [2.05, 4.69) is 5.32 Å². The zero-order valence-electron chi connectivity index (χ0n) is 11.1. The van der Waals surface area contributed by atoms with Gasteiger partial charge in [0, 0.05) is 24.4 Å². The monoisotopic (exact) mass is 284 g/mol. The Morgan fingerprint density at radius 2 is 2.21 bits per heavy atom. The quantitative estimate of drug-likeness (QED) is 0.721. The van der Waals surface area contributed by atoms with Gasteiger partial charge in [-0.25, -0.2) is 4.79 Å². The van der Waals surface area contributed by atoms with Crippen LogP contribution in [0.15, 0.2) is 17.5 Å². The Morgan fingerprint density at radius 1 is 1.42 bits per heavy atom. The first-order valence-corrected chi connectivity index (χ1v) is 7.28. The third-order valence-corrected chi connectivity index (χ3v) is 3.55. The molecule has 0 bridgehead atoms. The zero-order valence-corrected chi connectivity index (χ0v) is 11.9. The average Bonchev–Trinajstić information content (AvgIpc) is 2.87. The number of thiophene rings is 1. The number of rotatable bonds is 8. The zero-order chi connectivity index (χ0) is 14.1. The summed E-state index contributed by atoms with van der Waals surface area (Å²) in [5, 5.41) is 13.3. The average molecular weight is 284 g/mol. The highest BCUT2D eigenvalue weighted by Gasteiger charge is 2.11. The summed E-state index contributed by atoms with van der Waals surface area (Å²) in [5.41, 5.74) is 0. The van der Waals surface area contributed by atoms with Gasteiger partial charge in [0.15, 0.2) is 0 Å². The topological polar surface area (TPSA) is 69.6 Å². The summed E-state index contributed by atoms with van der Waals surface area (Å²) < 4.78 is 0. The van der Waals surface area contributed by atoms with Crippen LogP contribution in [0.5, 0.6) is 0 Å². The largest absolute Gasteiger partial charge is 0.481 e. The van der Waals surface area contributed by atoms with Gasteiger partial charge in [-0.1, -0.05) is 6.07 Å². The number of carboxylic acid groups (broad SMARTS) is 1. The highest BCUT2D eigenvalue weighted by Crippen LogP contribution is 2.11. The Hall–Kier alpha value is -1.56. The van der Waals surface area contributed by atoms with Crippen molar-refractivity contribution in [3.63, 3.8) is 0 Å². The van der Waals surface area contributed by atoms with Crippen molar-refractivity contribution < 1.29 is 14.7 Å². The summed E-state index contributed by atoms with van der Waals surface area (Å²) in [6.45, 7) is 3.73. The fourth-order valence-electron chi connectivity index (χ4n) is 1.63. The molecule has 0 unspecified atom stereocenters. The summed E-state index contributed by atoms with van der Waals surface area (Å²) in [6, 6.07) is 3.89. The summed E-state index contributed by atoms with van der Waals surface area (Å²) >= 11 is 1.63. The molecule has 0 fully saturated rings. The molecule has 0 radical (unpaired) electrons. The van der Waals surface area contributed by atoms with Crippen LogP contribution in [0.3, 0.4) is 0 Å². The van der Waals surface area contributed by atoms with E-state index in [1.54, 1.807) is 16.2 Å². The number of nitrogens with one attached hydrogen (secondary N) is 1. The number of hydrogen-bond acceptors (Lipinski definition) is 3. The van der Waals surface area contributed by atoms with Gasteiger partial charge in [0.05, 0.1) is 6.54 Å². The van der Waals surface area contributed by atoms with Crippen molar-refractivity contribution in [2.24, 2.45) is 0 Å². The van der Waals surface area contributed by atoms with Crippen molar-refractivity contribution in [3.05, 3.63) is 22.4 Å². The van der Waals surface area contributed by atoms with E-state index >= 15 is 0 Å². The fraction of sp³-hybridized carbons (Fsp3) is 0.538. The van der Waals surface area contributed by atoms with Crippen LogP contribution in [0, 0.1) is 0 Å². The Kier molecular flexibility index (Phi) is 6.95. The second-order valence-corrected chi connectivity index (χ2v) is 5.21. The highest BCUT2D eigenvalue weighted by atomic mass is 32.1. The first-order valence-electron chi connectivity index (χ1n) is 6.40. The number of carbonyl (C=O) groups excluding carboxylic acids is 1. The molecule has 1 rings (SSSR count). The summed E-state index contributed by atoms with van der Waals surface area (Å²) in [7, 11) is 0. The van der Waals surface area contributed by atoms with Gasteiger partial charge < -0.3 is 15.3 Å². The molecule has 0 aliphatic heterocycles. The van der Waals surface area contributed by atoms with Gasteiger partial charge in [-0.2, -0.15) is 0 Å². The normalized spacial score (nSPS) is 10.2. The molecule has 0 atom stereocenters. The van der Waals surface area contributed by atoms with Crippen molar-refractivity contribution in [1.29, 1.82) is 0 Å². The minimum atomic E-state index is -0.792. The smallest absolute Gasteiger partial charge is 0.317 e. The highest BCUT2D eigenvalue weighted by molar-refractivity contribution is 7.09. The number of amides is 2. The standard InChI is InChI=1S/C13H20N2O3S/c1-2-15(10-11-6-5-9-19-11)13(18)14-8-4-3-7-12(16)17/h5-6,9H,2-4,7-8,10H2,1H3,(H,14,18)(H,16,17). The Labute approximate surface area is 117 Å². The van der Waals surface area contributed by atoms with Crippen LogP contribution in [0.2, 0.25) is 0 Å². The molecule has 1 heterocycles. The van der Waals surface area contributed by atoms with Crippen molar-refractivity contribution in [3.8, 4) is 0 Å². The summed E-state index contributed by atoms with van der Waals surface area (Å²) in [5.74, 6) is -0.792. The van der Waals surface area contributed by atoms with Crippen LogP contribution in [-0.4, -0.2) is 35.1 Å². The maximum Gasteiger partial charge on any atom is 0.317 e. The maximum atomic E-state index is 11.9. The van der Waals surface area contributed by atoms with E-state index in [9.17, 15) is 9.59 Å². The number of urea groups is 1. The molecule has 1 aromatic rings. The van der Waals surface area contributed by atoms with E-state index in [1.807, 2.05) is 24.4 Å². The second kappa shape index (κ2) is 8.53. The third kappa shape index (κ3) is 6.24. The van der Waals surface area contributed by atoms with E-state index in [4.69, 9.17) is 5.11 Å². The van der Waals surface area contributed by atoms with Gasteiger partial charge >= 0.3 is 12.0 Å². The van der Waals surface area contributed by atoms with Crippen molar-refractivity contribution in [2.45, 2.75) is 32.7 Å². The molecule has 2 N–H and O–H groups in total. The van der Waals surface area contributed by atoms with Crippen molar-refractivity contribution in [1.82, 2.24) is 10.2 Å². The van der Waals surface area contributed by atoms with E-state index < -0.39 is 5.97 Å². The fourth-order valence-corrected chi connectivity index (χ4v) is 2.35. The lowest BCUT2D eigenvalue weighted by molar-refractivity contribution is -0.137. The number of carbonyl (C=O) groups is 2. The maximum absolute atomic E-state index is 11.9. The molecule has 0 aromatic carbocycles. The summed E-state index contributed by atoms with van der Waals surface area (Å²) in [4.78, 5) is 25.1. The van der Waals surface area contributed by atoms with Crippen LogP contribution < -0.4 is 5.32 Å². The number of nitrogens with zero attached hydrogens (tertiary/aromatic N) is 1. The lowest BCUT2D eigenvalue weighted by atomic mass is 10.2. The Balaban J connectivity index is 2.24. The van der Waals surface area contributed by atoms with Crippen LogP contribution >= 0.6 is 11.3 Å². The van der Waals surface area contributed by atoms with Gasteiger partial charge in [-0.3, -0.25) is 4.79 Å². The Morgan fingerprint density at radius 3 is 2.79 bits per heavy atom. The van der Waals surface area contributed by atoms with E-state index in [0.29, 0.717) is 32.5 Å². The van der Waals surface area contributed by atoms with Gasteiger partial charge in [0.25, 0.3) is 0 Å². The molecule has 0 spiro atoms. The summed E-state index contributed by atoms with van der Waals surface area (Å²) in [6.07, 6.45) is 1.43. The molecule has 1 aromatic heterocycles. The van der Waals surface area contributed by atoms with Crippen molar-refractivity contribution >= 4 is 23.3 Å². The predicted molar refractivity (Wildman–Crippen MR) is 75.3 cm³/mol. The molecule has 6 heteroatoms. The third-order valence-electron chi connectivity index (χ3n) is 2.69. The van der Waals surface area contributed by atoms with Crippen LogP contribution in [0.1, 0.15) is 31.1 Å². The van der Waals surface area contributed by atoms with Gasteiger partial charge in [0.2, 0.25) is 0 Å². The minimum absolute atomic E-state index is 0.0915. The molecule has 0 saturated carbocycles. The molecule has 2 amide bonds. The molecule has 0 saturated heterocycles. The molecule has 0 aliphatic carbocycles. The van der Waals surface area contributed by atoms with Gasteiger partial charge in [-0.15, -0.1) is 11.3 Å². The van der Waals surface area contributed by atoms with Crippen LogP contribution in [-0.2, 0) is 11.3 Å². The van der Waals surface area contributed by atoms with E-state index in [-0.39, 0.29) is 12.5 Å². The lowest BCUT2D eigenvalue weighted by Crippen LogP contribution is -2.39. The van der Waals surface area contributed by atoms with Crippen LogP contribution in [0.25, 0.3) is 0 Å². The van der Waals surface area contributed by atoms with Crippen molar-refractivity contribution in [2.75, 3.05) is 13.1 Å². The molecular weight excluding hydrogens is 264 g/mol. The van der Waals surface area contributed by atoms with E-state index in [1.165, 1.54) is 0 Å². The molecule has 19 heavy (non-hydrogen) atoms. The number of hydrogen-bond donors (Lipinski definition) is 2. The SMILES string of the molecule is CCN(Cc1cccs1)C(=O)NCCCCC(=O)O. The van der Waals surface area contributed by atoms with Crippen LogP contribution in [0.4, 0.5) is 4.79 Å². The first-order chi connectivity index (χ1) is 9.13. The molecule has 106 valence electrons. The predicted octanol–water partition coefficient (Wildman–Crippen LogP) is 2.53. The number of carboxylic acids is 1. The van der Waals surface area contributed by atoms with Gasteiger partial charge in [-0.05, 0) is 31.2 Å². The number of aliphatic carboxylic acids is 1. The number of unbranched alkanes of at least 4 members (excludes halogenated alkanes) is 1. The molecule has 5 nitrogen and oxygen atoms in total.